The Hall–Kier alpha value is -2.36. The van der Waals surface area contributed by atoms with Crippen molar-refractivity contribution in [2.24, 2.45) is 0 Å². The molecule has 0 fully saturated rings. The lowest BCUT2D eigenvalue weighted by Crippen LogP contribution is -2.16. The summed E-state index contributed by atoms with van der Waals surface area (Å²) in [5, 5.41) is 9.60. The van der Waals surface area contributed by atoms with Crippen LogP contribution in [0.2, 0.25) is 0 Å². The molecule has 0 unspecified atom stereocenters. The van der Waals surface area contributed by atoms with Crippen molar-refractivity contribution >= 4 is 5.69 Å². The molecule has 4 nitrogen and oxygen atoms in total. The molecular weight excluding hydrogens is 254 g/mol. The summed E-state index contributed by atoms with van der Waals surface area (Å²) in [5.41, 5.74) is 2.13. The van der Waals surface area contributed by atoms with Crippen LogP contribution in [-0.4, -0.2) is 26.4 Å². The van der Waals surface area contributed by atoms with Crippen LogP contribution in [0.25, 0.3) is 0 Å². The minimum atomic E-state index is 0.153. The molecule has 0 aliphatic rings. The Labute approximate surface area is 119 Å². The van der Waals surface area contributed by atoms with Crippen molar-refractivity contribution in [3.8, 4) is 17.2 Å². The van der Waals surface area contributed by atoms with E-state index in [-0.39, 0.29) is 5.75 Å². The highest BCUT2D eigenvalue weighted by Gasteiger charge is 2.07. The van der Waals surface area contributed by atoms with E-state index in [0.717, 1.165) is 17.0 Å². The third-order valence-corrected chi connectivity index (χ3v) is 3.16. The predicted molar refractivity (Wildman–Crippen MR) is 79.8 cm³/mol. The fourth-order valence-electron chi connectivity index (χ4n) is 2.03. The summed E-state index contributed by atoms with van der Waals surface area (Å²) in [6, 6.07) is 13.3. The maximum Gasteiger partial charge on any atom is 0.160 e. The van der Waals surface area contributed by atoms with E-state index in [2.05, 4.69) is 4.90 Å². The van der Waals surface area contributed by atoms with Crippen molar-refractivity contribution in [2.45, 2.75) is 6.54 Å². The van der Waals surface area contributed by atoms with E-state index in [1.807, 2.05) is 43.4 Å². The summed E-state index contributed by atoms with van der Waals surface area (Å²) in [7, 11) is 5.21. The van der Waals surface area contributed by atoms with Crippen molar-refractivity contribution in [2.75, 3.05) is 26.2 Å². The average Bonchev–Trinajstić information content (AvgIpc) is 2.49. The van der Waals surface area contributed by atoms with Crippen molar-refractivity contribution in [1.29, 1.82) is 0 Å². The third-order valence-electron chi connectivity index (χ3n) is 3.16. The molecule has 20 heavy (non-hydrogen) atoms. The quantitative estimate of drug-likeness (QED) is 0.909. The molecule has 0 bridgehead atoms. The number of phenolic OH excluding ortho intramolecular Hbond substituents is 1. The molecule has 0 saturated heterocycles. The number of nitrogens with zero attached hydrogens (tertiary/aromatic N) is 1. The molecule has 0 amide bonds. The summed E-state index contributed by atoms with van der Waals surface area (Å²) >= 11 is 0. The highest BCUT2D eigenvalue weighted by molar-refractivity contribution is 5.51. The Kier molecular flexibility index (Phi) is 4.35. The number of aromatic hydroxyl groups is 1. The minimum absolute atomic E-state index is 0.153. The van der Waals surface area contributed by atoms with Crippen LogP contribution in [0, 0.1) is 0 Å². The molecule has 106 valence electrons. The van der Waals surface area contributed by atoms with Gasteiger partial charge in [0.05, 0.1) is 14.2 Å². The first-order valence-corrected chi connectivity index (χ1v) is 6.35. The second-order valence-corrected chi connectivity index (χ2v) is 4.56. The summed E-state index contributed by atoms with van der Waals surface area (Å²) in [6.07, 6.45) is 0. The smallest absolute Gasteiger partial charge is 0.160 e. The lowest BCUT2D eigenvalue weighted by molar-refractivity contribution is 0.373. The molecule has 0 aliphatic carbocycles. The normalized spacial score (nSPS) is 10.2. The molecule has 0 radical (unpaired) electrons. The first kappa shape index (κ1) is 14.1. The van der Waals surface area contributed by atoms with Crippen LogP contribution < -0.4 is 14.4 Å². The Morgan fingerprint density at radius 1 is 1.05 bits per heavy atom. The molecule has 0 atom stereocenters. The van der Waals surface area contributed by atoms with Gasteiger partial charge in [-0.3, -0.25) is 0 Å². The van der Waals surface area contributed by atoms with E-state index in [9.17, 15) is 5.11 Å². The van der Waals surface area contributed by atoms with E-state index in [0.29, 0.717) is 12.3 Å². The van der Waals surface area contributed by atoms with Gasteiger partial charge in [0.15, 0.2) is 11.5 Å². The predicted octanol–water partition coefficient (Wildman–Crippen LogP) is 3.05. The van der Waals surface area contributed by atoms with Crippen LogP contribution in [0.1, 0.15) is 5.56 Å². The Bertz CT molecular complexity index is 584. The molecule has 0 saturated carbocycles. The van der Waals surface area contributed by atoms with Crippen LogP contribution in [0.3, 0.4) is 0 Å². The van der Waals surface area contributed by atoms with Gasteiger partial charge in [0.2, 0.25) is 0 Å². The van der Waals surface area contributed by atoms with Gasteiger partial charge in [0, 0.05) is 25.3 Å². The van der Waals surface area contributed by atoms with Gasteiger partial charge in [-0.25, -0.2) is 0 Å². The van der Waals surface area contributed by atoms with Crippen molar-refractivity contribution in [1.82, 2.24) is 0 Å². The first-order valence-electron chi connectivity index (χ1n) is 6.35. The molecular formula is C16H19NO3. The van der Waals surface area contributed by atoms with Crippen molar-refractivity contribution < 1.29 is 14.6 Å². The van der Waals surface area contributed by atoms with Crippen LogP contribution in [-0.2, 0) is 6.54 Å². The standard InChI is InChI=1S/C16H19NO3/c1-17(13-5-4-6-14(10-13)19-2)11-12-7-8-15(18)16(9-12)20-3/h4-10,18H,11H2,1-3H3. The van der Waals surface area contributed by atoms with E-state index in [4.69, 9.17) is 9.47 Å². The SMILES string of the molecule is COc1cccc(N(C)Cc2ccc(O)c(OC)c2)c1. The largest absolute Gasteiger partial charge is 0.504 e. The Morgan fingerprint density at radius 2 is 1.85 bits per heavy atom. The summed E-state index contributed by atoms with van der Waals surface area (Å²) in [4.78, 5) is 2.11. The van der Waals surface area contributed by atoms with Gasteiger partial charge in [0.25, 0.3) is 0 Å². The fraction of sp³-hybridized carbons (Fsp3) is 0.250. The number of anilines is 1. The van der Waals surface area contributed by atoms with E-state index < -0.39 is 0 Å². The molecule has 2 rings (SSSR count). The zero-order chi connectivity index (χ0) is 14.5. The molecule has 2 aromatic carbocycles. The maximum absolute atomic E-state index is 9.60. The van der Waals surface area contributed by atoms with Gasteiger partial charge in [0.1, 0.15) is 5.75 Å². The molecule has 0 spiro atoms. The summed E-state index contributed by atoms with van der Waals surface area (Å²) < 4.78 is 10.3. The van der Waals surface area contributed by atoms with Gasteiger partial charge < -0.3 is 19.5 Å². The van der Waals surface area contributed by atoms with Crippen LogP contribution in [0.4, 0.5) is 5.69 Å². The number of benzene rings is 2. The van der Waals surface area contributed by atoms with Gasteiger partial charge >= 0.3 is 0 Å². The highest BCUT2D eigenvalue weighted by atomic mass is 16.5. The lowest BCUT2D eigenvalue weighted by Gasteiger charge is -2.20. The molecule has 0 heterocycles. The minimum Gasteiger partial charge on any atom is -0.504 e. The van der Waals surface area contributed by atoms with Crippen LogP contribution >= 0.6 is 0 Å². The van der Waals surface area contributed by atoms with Gasteiger partial charge in [-0.15, -0.1) is 0 Å². The maximum atomic E-state index is 9.60. The lowest BCUT2D eigenvalue weighted by atomic mass is 10.1. The Balaban J connectivity index is 2.16. The van der Waals surface area contributed by atoms with Gasteiger partial charge in [-0.1, -0.05) is 12.1 Å². The zero-order valence-electron chi connectivity index (χ0n) is 12.0. The second-order valence-electron chi connectivity index (χ2n) is 4.56. The van der Waals surface area contributed by atoms with E-state index >= 15 is 0 Å². The molecule has 0 aromatic heterocycles. The fourth-order valence-corrected chi connectivity index (χ4v) is 2.03. The summed E-state index contributed by atoms with van der Waals surface area (Å²) in [6.45, 7) is 0.712. The molecule has 2 aromatic rings. The Morgan fingerprint density at radius 3 is 2.55 bits per heavy atom. The number of phenols is 1. The van der Waals surface area contributed by atoms with Crippen molar-refractivity contribution in [3.05, 3.63) is 48.0 Å². The average molecular weight is 273 g/mol. The van der Waals surface area contributed by atoms with Crippen molar-refractivity contribution in [3.63, 3.8) is 0 Å². The monoisotopic (exact) mass is 273 g/mol. The number of hydrogen-bond donors (Lipinski definition) is 1. The topological polar surface area (TPSA) is 41.9 Å². The zero-order valence-corrected chi connectivity index (χ0v) is 12.0. The summed E-state index contributed by atoms with van der Waals surface area (Å²) in [5.74, 6) is 1.47. The third kappa shape index (κ3) is 3.15. The van der Waals surface area contributed by atoms with Gasteiger partial charge in [-0.2, -0.15) is 0 Å². The number of methoxy groups -OCH3 is 2. The van der Waals surface area contributed by atoms with Crippen LogP contribution in [0.5, 0.6) is 17.2 Å². The second kappa shape index (κ2) is 6.19. The number of rotatable bonds is 5. The number of hydrogen-bond acceptors (Lipinski definition) is 4. The van der Waals surface area contributed by atoms with E-state index in [1.54, 1.807) is 20.3 Å². The van der Waals surface area contributed by atoms with E-state index in [1.165, 1.54) is 0 Å². The molecule has 4 heteroatoms. The highest BCUT2D eigenvalue weighted by Crippen LogP contribution is 2.28. The molecule has 1 N–H and O–H groups in total. The van der Waals surface area contributed by atoms with Gasteiger partial charge in [-0.05, 0) is 29.8 Å². The first-order chi connectivity index (χ1) is 9.63. The van der Waals surface area contributed by atoms with Crippen LogP contribution in [0.15, 0.2) is 42.5 Å². The number of ether oxygens (including phenoxy) is 2. The molecule has 0 aliphatic heterocycles.